The molecule has 0 bridgehead atoms. The van der Waals surface area contributed by atoms with Crippen molar-refractivity contribution in [1.29, 1.82) is 0 Å². The van der Waals surface area contributed by atoms with Crippen molar-refractivity contribution in [3.05, 3.63) is 41.5 Å². The number of aromatic nitrogens is 3. The van der Waals surface area contributed by atoms with Gasteiger partial charge in [-0.25, -0.2) is 9.97 Å². The Labute approximate surface area is 168 Å². The first kappa shape index (κ1) is 19.1. The van der Waals surface area contributed by atoms with Crippen molar-refractivity contribution in [1.82, 2.24) is 19.9 Å². The normalized spacial score (nSPS) is 17.4. The minimum absolute atomic E-state index is 0.694. The van der Waals surface area contributed by atoms with Crippen LogP contribution in [0.1, 0.15) is 42.8 Å². The average Bonchev–Trinajstić information content (AvgIpc) is 2.74. The van der Waals surface area contributed by atoms with Crippen LogP contribution in [0, 0.1) is 6.92 Å². The predicted octanol–water partition coefficient (Wildman–Crippen LogP) is 3.04. The van der Waals surface area contributed by atoms with Gasteiger partial charge in [0.2, 0.25) is 5.88 Å². The number of hydrogen-bond donors (Lipinski definition) is 0. The molecule has 1 aliphatic heterocycles. The van der Waals surface area contributed by atoms with Crippen molar-refractivity contribution in [2.45, 2.75) is 45.4 Å². The van der Waals surface area contributed by atoms with E-state index in [2.05, 4.69) is 49.9 Å². The van der Waals surface area contributed by atoms with E-state index < -0.39 is 0 Å². The number of pyridine rings is 1. The topological polar surface area (TPSA) is 54.4 Å². The zero-order valence-corrected chi connectivity index (χ0v) is 16.9. The van der Waals surface area contributed by atoms with Crippen molar-refractivity contribution in [2.75, 3.05) is 44.2 Å². The molecule has 0 amide bonds. The van der Waals surface area contributed by atoms with E-state index in [0.717, 1.165) is 82.2 Å². The Morgan fingerprint density at radius 3 is 2.61 bits per heavy atom. The Morgan fingerprint density at radius 2 is 1.79 bits per heavy atom. The fraction of sp³-hybridized carbons (Fsp3) is 0.591. The largest absolute Gasteiger partial charge is 0.477 e. The Balaban J connectivity index is 1.13. The Hall–Kier alpha value is -2.21. The lowest BCUT2D eigenvalue weighted by atomic mass is 10.0. The lowest BCUT2D eigenvalue weighted by molar-refractivity contribution is 0.235. The number of fused-ring (bicyclic) bond motifs is 1. The molecule has 3 heterocycles. The van der Waals surface area contributed by atoms with Gasteiger partial charge in [-0.15, -0.1) is 0 Å². The molecule has 0 aromatic carbocycles. The molecular formula is C22H31N5O. The maximum absolute atomic E-state index is 5.84. The van der Waals surface area contributed by atoms with E-state index in [1.165, 1.54) is 18.5 Å². The molecular weight excluding hydrogens is 350 g/mol. The van der Waals surface area contributed by atoms with Gasteiger partial charge in [0.05, 0.1) is 24.2 Å². The van der Waals surface area contributed by atoms with Crippen LogP contribution >= 0.6 is 0 Å². The van der Waals surface area contributed by atoms with Crippen LogP contribution in [-0.2, 0) is 12.8 Å². The first-order chi connectivity index (χ1) is 13.8. The number of hydrogen-bond acceptors (Lipinski definition) is 6. The van der Waals surface area contributed by atoms with Gasteiger partial charge in [-0.05, 0) is 64.1 Å². The SMILES string of the molecule is Cc1cccc(N2CCN(CCCCOc3cnc4c(n3)CCCC4)CC2)n1. The molecule has 0 spiro atoms. The summed E-state index contributed by atoms with van der Waals surface area (Å²) in [6, 6.07) is 6.26. The molecule has 1 aliphatic carbocycles. The van der Waals surface area contributed by atoms with Crippen LogP contribution in [0.4, 0.5) is 5.82 Å². The maximum atomic E-state index is 5.84. The number of rotatable bonds is 7. The number of anilines is 1. The minimum atomic E-state index is 0.694. The van der Waals surface area contributed by atoms with Crippen LogP contribution in [0.2, 0.25) is 0 Å². The Kier molecular flexibility index (Phi) is 6.37. The van der Waals surface area contributed by atoms with Crippen LogP contribution in [0.3, 0.4) is 0 Å². The lowest BCUT2D eigenvalue weighted by Crippen LogP contribution is -2.47. The summed E-state index contributed by atoms with van der Waals surface area (Å²) in [6.45, 7) is 8.22. The third-order valence-corrected chi connectivity index (χ3v) is 5.67. The van der Waals surface area contributed by atoms with Gasteiger partial charge in [0, 0.05) is 31.9 Å². The third kappa shape index (κ3) is 4.98. The molecule has 6 heteroatoms. The second-order valence-electron chi connectivity index (χ2n) is 7.83. The number of piperazine rings is 1. The molecule has 150 valence electrons. The van der Waals surface area contributed by atoms with E-state index in [0.29, 0.717) is 5.88 Å². The first-order valence-corrected chi connectivity index (χ1v) is 10.7. The second kappa shape index (κ2) is 9.32. The van der Waals surface area contributed by atoms with Crippen molar-refractivity contribution in [3.63, 3.8) is 0 Å². The Bertz CT molecular complexity index is 773. The molecule has 1 fully saturated rings. The highest BCUT2D eigenvalue weighted by molar-refractivity contribution is 5.39. The van der Waals surface area contributed by atoms with E-state index in [4.69, 9.17) is 4.74 Å². The van der Waals surface area contributed by atoms with Gasteiger partial charge in [-0.2, -0.15) is 0 Å². The molecule has 6 nitrogen and oxygen atoms in total. The highest BCUT2D eigenvalue weighted by atomic mass is 16.5. The van der Waals surface area contributed by atoms with Gasteiger partial charge in [0.1, 0.15) is 5.82 Å². The molecule has 0 unspecified atom stereocenters. The number of nitrogens with zero attached hydrogens (tertiary/aromatic N) is 5. The summed E-state index contributed by atoms with van der Waals surface area (Å²) < 4.78 is 5.84. The lowest BCUT2D eigenvalue weighted by Gasteiger charge is -2.35. The van der Waals surface area contributed by atoms with Gasteiger partial charge in [0.15, 0.2) is 0 Å². The summed E-state index contributed by atoms with van der Waals surface area (Å²) in [6.07, 6.45) is 8.57. The van der Waals surface area contributed by atoms with E-state index in [1.54, 1.807) is 6.20 Å². The quantitative estimate of drug-likeness (QED) is 0.687. The number of ether oxygens (including phenoxy) is 1. The van der Waals surface area contributed by atoms with Gasteiger partial charge in [0.25, 0.3) is 0 Å². The molecule has 1 saturated heterocycles. The fourth-order valence-electron chi connectivity index (χ4n) is 4.02. The van der Waals surface area contributed by atoms with Crippen LogP contribution in [-0.4, -0.2) is 59.2 Å². The van der Waals surface area contributed by atoms with Crippen LogP contribution in [0.25, 0.3) is 0 Å². The van der Waals surface area contributed by atoms with Crippen molar-refractivity contribution in [2.24, 2.45) is 0 Å². The molecule has 0 atom stereocenters. The monoisotopic (exact) mass is 381 g/mol. The predicted molar refractivity (Wildman–Crippen MR) is 111 cm³/mol. The second-order valence-corrected chi connectivity index (χ2v) is 7.83. The first-order valence-electron chi connectivity index (χ1n) is 10.7. The molecule has 2 aromatic rings. The molecule has 2 aliphatic rings. The summed E-state index contributed by atoms with van der Waals surface area (Å²) >= 11 is 0. The van der Waals surface area contributed by atoms with Crippen molar-refractivity contribution >= 4 is 5.82 Å². The van der Waals surface area contributed by atoms with Gasteiger partial charge in [-0.1, -0.05) is 6.07 Å². The number of unbranched alkanes of at least 4 members (excludes halogenated alkanes) is 1. The summed E-state index contributed by atoms with van der Waals surface area (Å²) in [4.78, 5) is 18.7. The molecule has 28 heavy (non-hydrogen) atoms. The number of aryl methyl sites for hydroxylation is 3. The van der Waals surface area contributed by atoms with Crippen LogP contribution in [0.15, 0.2) is 24.4 Å². The molecule has 2 aromatic heterocycles. The fourth-order valence-corrected chi connectivity index (χ4v) is 4.02. The summed E-state index contributed by atoms with van der Waals surface area (Å²) in [7, 11) is 0. The molecule has 4 rings (SSSR count). The van der Waals surface area contributed by atoms with E-state index in [9.17, 15) is 0 Å². The third-order valence-electron chi connectivity index (χ3n) is 5.67. The van der Waals surface area contributed by atoms with Gasteiger partial charge < -0.3 is 9.64 Å². The average molecular weight is 382 g/mol. The highest BCUT2D eigenvalue weighted by Gasteiger charge is 2.17. The van der Waals surface area contributed by atoms with Crippen molar-refractivity contribution in [3.8, 4) is 5.88 Å². The maximum Gasteiger partial charge on any atom is 0.232 e. The van der Waals surface area contributed by atoms with Crippen LogP contribution < -0.4 is 9.64 Å². The highest BCUT2D eigenvalue weighted by Crippen LogP contribution is 2.19. The summed E-state index contributed by atoms with van der Waals surface area (Å²) in [5, 5.41) is 0. The molecule has 0 saturated carbocycles. The van der Waals surface area contributed by atoms with E-state index in [1.807, 2.05) is 0 Å². The molecule has 0 N–H and O–H groups in total. The van der Waals surface area contributed by atoms with Gasteiger partial charge in [-0.3, -0.25) is 9.88 Å². The van der Waals surface area contributed by atoms with E-state index in [-0.39, 0.29) is 0 Å². The van der Waals surface area contributed by atoms with Gasteiger partial charge >= 0.3 is 0 Å². The van der Waals surface area contributed by atoms with E-state index >= 15 is 0 Å². The Morgan fingerprint density at radius 1 is 0.964 bits per heavy atom. The smallest absolute Gasteiger partial charge is 0.232 e. The minimum Gasteiger partial charge on any atom is -0.477 e. The standard InChI is InChI=1S/C22H31N5O/c1-18-7-6-10-21(24-18)27-14-12-26(13-15-27)11-4-5-16-28-22-17-23-19-8-2-3-9-20(19)25-22/h6-7,10,17H,2-5,8-9,11-16H2,1H3. The zero-order chi connectivity index (χ0) is 19.2. The molecule has 0 radical (unpaired) electrons. The van der Waals surface area contributed by atoms with Crippen LogP contribution in [0.5, 0.6) is 5.88 Å². The summed E-state index contributed by atoms with van der Waals surface area (Å²) in [5.41, 5.74) is 3.40. The summed E-state index contributed by atoms with van der Waals surface area (Å²) in [5.74, 6) is 1.80. The zero-order valence-electron chi connectivity index (χ0n) is 16.9. The van der Waals surface area contributed by atoms with Crippen molar-refractivity contribution < 1.29 is 4.74 Å².